The van der Waals surface area contributed by atoms with Crippen molar-refractivity contribution in [1.29, 1.82) is 5.26 Å². The van der Waals surface area contributed by atoms with Crippen LogP contribution in [0.3, 0.4) is 0 Å². The van der Waals surface area contributed by atoms with Crippen molar-refractivity contribution in [3.8, 4) is 17.6 Å². The van der Waals surface area contributed by atoms with E-state index in [2.05, 4.69) is 5.32 Å². The molecule has 0 atom stereocenters. The van der Waals surface area contributed by atoms with E-state index < -0.39 is 5.91 Å². The van der Waals surface area contributed by atoms with E-state index in [-0.39, 0.29) is 18.0 Å². The number of amides is 1. The lowest BCUT2D eigenvalue weighted by atomic mass is 10.1. The molecule has 0 unspecified atom stereocenters. The number of benzene rings is 3. The molecule has 7 heteroatoms. The van der Waals surface area contributed by atoms with Gasteiger partial charge in [-0.3, -0.25) is 4.79 Å². The van der Waals surface area contributed by atoms with Gasteiger partial charge in [0.1, 0.15) is 24.1 Å². The molecular formula is C25H20ClFN2O3. The van der Waals surface area contributed by atoms with Gasteiger partial charge in [-0.05, 0) is 66.1 Å². The Morgan fingerprint density at radius 1 is 1.12 bits per heavy atom. The van der Waals surface area contributed by atoms with Gasteiger partial charge in [0.2, 0.25) is 0 Å². The van der Waals surface area contributed by atoms with Gasteiger partial charge in [-0.2, -0.15) is 5.26 Å². The van der Waals surface area contributed by atoms with Crippen molar-refractivity contribution in [2.45, 2.75) is 13.5 Å². The molecular weight excluding hydrogens is 431 g/mol. The molecule has 0 radical (unpaired) electrons. The van der Waals surface area contributed by atoms with Gasteiger partial charge in [0, 0.05) is 10.7 Å². The van der Waals surface area contributed by atoms with E-state index in [9.17, 15) is 14.4 Å². The minimum absolute atomic E-state index is 0.0799. The number of hydrogen-bond donors (Lipinski definition) is 1. The molecule has 0 heterocycles. The molecule has 1 N–H and O–H groups in total. The van der Waals surface area contributed by atoms with E-state index in [0.29, 0.717) is 27.8 Å². The smallest absolute Gasteiger partial charge is 0.266 e. The first kappa shape index (κ1) is 22.9. The van der Waals surface area contributed by atoms with Crippen LogP contribution < -0.4 is 14.8 Å². The summed E-state index contributed by atoms with van der Waals surface area (Å²) < 4.78 is 24.2. The lowest BCUT2D eigenvalue weighted by Gasteiger charge is -2.12. The second-order valence-electron chi connectivity index (χ2n) is 6.91. The third-order valence-electron chi connectivity index (χ3n) is 4.60. The second kappa shape index (κ2) is 10.5. The van der Waals surface area contributed by atoms with Gasteiger partial charge in [0.05, 0.1) is 7.11 Å². The first-order valence-corrected chi connectivity index (χ1v) is 10.0. The molecule has 0 saturated heterocycles. The number of ether oxygens (including phenoxy) is 2. The number of nitrogens with one attached hydrogen (secondary N) is 1. The molecule has 0 aliphatic heterocycles. The Morgan fingerprint density at radius 2 is 1.88 bits per heavy atom. The van der Waals surface area contributed by atoms with Crippen molar-refractivity contribution < 1.29 is 18.7 Å². The van der Waals surface area contributed by atoms with Crippen molar-refractivity contribution >= 4 is 29.3 Å². The summed E-state index contributed by atoms with van der Waals surface area (Å²) in [7, 11) is 1.49. The van der Waals surface area contributed by atoms with Crippen LogP contribution in [0.2, 0.25) is 5.02 Å². The highest BCUT2D eigenvalue weighted by Gasteiger charge is 2.12. The molecule has 3 aromatic carbocycles. The molecule has 1 amide bonds. The first-order chi connectivity index (χ1) is 15.4. The average molecular weight is 451 g/mol. The van der Waals surface area contributed by atoms with Crippen molar-refractivity contribution in [3.05, 3.63) is 93.8 Å². The summed E-state index contributed by atoms with van der Waals surface area (Å²) in [6.07, 6.45) is 1.46. The maximum absolute atomic E-state index is 13.0. The predicted octanol–water partition coefficient (Wildman–Crippen LogP) is 5.92. The maximum Gasteiger partial charge on any atom is 0.266 e. The molecule has 5 nitrogen and oxygen atoms in total. The Bertz CT molecular complexity index is 1200. The molecule has 0 aliphatic carbocycles. The number of methoxy groups -OCH3 is 1. The highest BCUT2D eigenvalue weighted by molar-refractivity contribution is 6.31. The van der Waals surface area contributed by atoms with Crippen LogP contribution in [0.4, 0.5) is 10.1 Å². The monoisotopic (exact) mass is 450 g/mol. The van der Waals surface area contributed by atoms with Crippen LogP contribution >= 0.6 is 11.6 Å². The number of carbonyl (C=O) groups is 1. The number of aryl methyl sites for hydroxylation is 1. The van der Waals surface area contributed by atoms with E-state index in [0.717, 1.165) is 11.1 Å². The number of nitrogens with zero attached hydrogens (tertiary/aromatic N) is 1. The lowest BCUT2D eigenvalue weighted by molar-refractivity contribution is -0.112. The first-order valence-electron chi connectivity index (χ1n) is 9.64. The van der Waals surface area contributed by atoms with Gasteiger partial charge in [-0.1, -0.05) is 35.9 Å². The van der Waals surface area contributed by atoms with Crippen LogP contribution in [0.15, 0.2) is 66.2 Å². The van der Waals surface area contributed by atoms with Crippen LogP contribution in [0.1, 0.15) is 16.7 Å². The van der Waals surface area contributed by atoms with Crippen molar-refractivity contribution in [1.82, 2.24) is 0 Å². The lowest BCUT2D eigenvalue weighted by Crippen LogP contribution is -2.13. The fourth-order valence-corrected chi connectivity index (χ4v) is 3.00. The molecule has 0 aliphatic rings. The molecule has 32 heavy (non-hydrogen) atoms. The SMILES string of the molecule is COc1cc(/C=C(\C#N)C(=O)Nc2ccc(C)c(Cl)c2)ccc1OCc1ccc(F)cc1. The topological polar surface area (TPSA) is 71.3 Å². The largest absolute Gasteiger partial charge is 0.493 e. The Morgan fingerprint density at radius 3 is 2.53 bits per heavy atom. The second-order valence-corrected chi connectivity index (χ2v) is 7.32. The summed E-state index contributed by atoms with van der Waals surface area (Å²) in [5, 5.41) is 12.6. The summed E-state index contributed by atoms with van der Waals surface area (Å²) in [5.74, 6) is 0.0448. The highest BCUT2D eigenvalue weighted by atomic mass is 35.5. The zero-order valence-electron chi connectivity index (χ0n) is 17.5. The van der Waals surface area contributed by atoms with Crippen molar-refractivity contribution in [3.63, 3.8) is 0 Å². The fourth-order valence-electron chi connectivity index (χ4n) is 2.82. The molecule has 3 rings (SSSR count). The summed E-state index contributed by atoms with van der Waals surface area (Å²) in [6.45, 7) is 2.09. The molecule has 162 valence electrons. The van der Waals surface area contributed by atoms with E-state index >= 15 is 0 Å². The molecule has 3 aromatic rings. The van der Waals surface area contributed by atoms with E-state index in [1.807, 2.05) is 13.0 Å². The van der Waals surface area contributed by atoms with Gasteiger partial charge < -0.3 is 14.8 Å². The van der Waals surface area contributed by atoms with Crippen LogP contribution in [0.25, 0.3) is 6.08 Å². The van der Waals surface area contributed by atoms with Gasteiger partial charge in [-0.15, -0.1) is 0 Å². The summed E-state index contributed by atoms with van der Waals surface area (Å²) in [6, 6.07) is 18.1. The van der Waals surface area contributed by atoms with Crippen LogP contribution in [0, 0.1) is 24.1 Å². The highest BCUT2D eigenvalue weighted by Crippen LogP contribution is 2.30. The van der Waals surface area contributed by atoms with E-state index in [4.69, 9.17) is 21.1 Å². The Balaban J connectivity index is 1.75. The van der Waals surface area contributed by atoms with Crippen molar-refractivity contribution in [2.24, 2.45) is 0 Å². The Hall–Kier alpha value is -3.82. The molecule has 0 aromatic heterocycles. The normalized spacial score (nSPS) is 10.9. The standard InChI is InChI=1S/C25H20ClFN2O3/c1-16-3-9-21(13-22(16)26)29-25(30)19(14-28)11-18-6-10-23(24(12-18)31-2)32-15-17-4-7-20(27)8-5-17/h3-13H,15H2,1-2H3,(H,29,30)/b19-11+. The summed E-state index contributed by atoms with van der Waals surface area (Å²) in [4.78, 5) is 12.5. The number of carbonyl (C=O) groups excluding carboxylic acids is 1. The van der Waals surface area contributed by atoms with Crippen LogP contribution in [-0.2, 0) is 11.4 Å². The molecule has 0 fully saturated rings. The zero-order valence-corrected chi connectivity index (χ0v) is 18.2. The summed E-state index contributed by atoms with van der Waals surface area (Å²) in [5.41, 5.74) is 2.69. The van der Waals surface area contributed by atoms with Crippen LogP contribution in [-0.4, -0.2) is 13.0 Å². The molecule has 0 spiro atoms. The number of halogens is 2. The fraction of sp³-hybridized carbons (Fsp3) is 0.120. The third kappa shape index (κ3) is 5.87. The van der Waals surface area contributed by atoms with Gasteiger partial charge in [-0.25, -0.2) is 4.39 Å². The summed E-state index contributed by atoms with van der Waals surface area (Å²) >= 11 is 6.09. The molecule has 0 bridgehead atoms. The number of rotatable bonds is 7. The van der Waals surface area contributed by atoms with Gasteiger partial charge in [0.25, 0.3) is 5.91 Å². The van der Waals surface area contributed by atoms with Crippen LogP contribution in [0.5, 0.6) is 11.5 Å². The molecule has 0 saturated carbocycles. The maximum atomic E-state index is 13.0. The zero-order chi connectivity index (χ0) is 23.1. The van der Waals surface area contributed by atoms with E-state index in [1.54, 1.807) is 48.5 Å². The minimum Gasteiger partial charge on any atom is -0.493 e. The third-order valence-corrected chi connectivity index (χ3v) is 5.01. The quantitative estimate of drug-likeness (QED) is 0.358. The van der Waals surface area contributed by atoms with Crippen molar-refractivity contribution in [2.75, 3.05) is 12.4 Å². The predicted molar refractivity (Wildman–Crippen MR) is 122 cm³/mol. The minimum atomic E-state index is -0.553. The Labute approximate surface area is 190 Å². The van der Waals surface area contributed by atoms with E-state index in [1.165, 1.54) is 25.3 Å². The number of anilines is 1. The Kier molecular flexibility index (Phi) is 7.48. The van der Waals surface area contributed by atoms with Gasteiger partial charge >= 0.3 is 0 Å². The van der Waals surface area contributed by atoms with Gasteiger partial charge in [0.15, 0.2) is 11.5 Å². The number of hydrogen-bond acceptors (Lipinski definition) is 4. The average Bonchev–Trinajstić information content (AvgIpc) is 2.79. The number of nitriles is 1.